The fourth-order valence-corrected chi connectivity index (χ4v) is 2.14. The highest BCUT2D eigenvalue weighted by molar-refractivity contribution is 5.97. The van der Waals surface area contributed by atoms with E-state index in [1.54, 1.807) is 12.1 Å². The normalized spacial score (nSPS) is 11.9. The molecule has 0 unspecified atom stereocenters. The zero-order chi connectivity index (χ0) is 17.7. The fraction of sp³-hybridized carbons (Fsp3) is 0.263. The van der Waals surface area contributed by atoms with Gasteiger partial charge in [-0.15, -0.1) is 0 Å². The lowest BCUT2D eigenvalue weighted by molar-refractivity contribution is -0.119. The van der Waals surface area contributed by atoms with Crippen molar-refractivity contribution in [2.75, 3.05) is 10.6 Å². The molecule has 0 saturated heterocycles. The van der Waals surface area contributed by atoms with Crippen LogP contribution in [-0.2, 0) is 9.59 Å². The van der Waals surface area contributed by atoms with Crippen LogP contribution in [0.15, 0.2) is 48.5 Å². The molecule has 126 valence electrons. The first kappa shape index (κ1) is 17.7. The topological polar surface area (TPSA) is 84.2 Å². The van der Waals surface area contributed by atoms with Crippen LogP contribution < -0.4 is 16.4 Å². The van der Waals surface area contributed by atoms with E-state index in [1.165, 1.54) is 0 Å². The number of aryl methyl sites for hydroxylation is 1. The fourth-order valence-electron chi connectivity index (χ4n) is 2.14. The average Bonchev–Trinajstić information content (AvgIpc) is 2.57. The lowest BCUT2D eigenvalue weighted by atomic mass is 10.1. The number of anilines is 2. The van der Waals surface area contributed by atoms with Crippen molar-refractivity contribution in [3.8, 4) is 0 Å². The van der Waals surface area contributed by atoms with Gasteiger partial charge >= 0.3 is 0 Å². The van der Waals surface area contributed by atoms with Crippen LogP contribution in [0.25, 0.3) is 0 Å². The van der Waals surface area contributed by atoms with Crippen LogP contribution in [0, 0.1) is 12.8 Å². The van der Waals surface area contributed by atoms with Gasteiger partial charge in [0.05, 0.1) is 0 Å². The Morgan fingerprint density at radius 1 is 0.958 bits per heavy atom. The van der Waals surface area contributed by atoms with Gasteiger partial charge < -0.3 is 16.4 Å². The summed E-state index contributed by atoms with van der Waals surface area (Å²) in [6, 6.07) is 13.8. The molecule has 2 aromatic carbocycles. The molecule has 24 heavy (non-hydrogen) atoms. The summed E-state index contributed by atoms with van der Waals surface area (Å²) in [5, 5.41) is 5.66. The van der Waals surface area contributed by atoms with Gasteiger partial charge in [-0.3, -0.25) is 9.59 Å². The van der Waals surface area contributed by atoms with E-state index in [4.69, 9.17) is 5.73 Å². The number of rotatable bonds is 5. The number of carbonyl (C=O) groups excluding carboxylic acids is 2. The highest BCUT2D eigenvalue weighted by atomic mass is 16.2. The molecule has 2 amide bonds. The number of hydrogen-bond acceptors (Lipinski definition) is 3. The summed E-state index contributed by atoms with van der Waals surface area (Å²) in [5.41, 5.74) is 8.94. The summed E-state index contributed by atoms with van der Waals surface area (Å²) < 4.78 is 0. The van der Waals surface area contributed by atoms with Crippen molar-refractivity contribution in [3.63, 3.8) is 0 Å². The molecule has 0 fully saturated rings. The zero-order valence-electron chi connectivity index (χ0n) is 14.2. The third-order valence-corrected chi connectivity index (χ3v) is 3.73. The minimum atomic E-state index is -0.749. The van der Waals surface area contributed by atoms with E-state index in [1.807, 2.05) is 57.2 Å². The molecule has 4 N–H and O–H groups in total. The van der Waals surface area contributed by atoms with Crippen molar-refractivity contribution in [1.29, 1.82) is 0 Å². The van der Waals surface area contributed by atoms with E-state index in [2.05, 4.69) is 10.6 Å². The molecule has 2 aromatic rings. The quantitative estimate of drug-likeness (QED) is 0.789. The van der Waals surface area contributed by atoms with Crippen LogP contribution in [-0.4, -0.2) is 11.8 Å². The first-order valence-electron chi connectivity index (χ1n) is 7.91. The van der Waals surface area contributed by atoms with Crippen LogP contribution in [0.2, 0.25) is 0 Å². The molecule has 0 heterocycles. The highest BCUT2D eigenvalue weighted by Gasteiger charge is 2.16. The Hall–Kier alpha value is -2.66. The largest absolute Gasteiger partial charge is 0.326 e. The number of carbonyl (C=O) groups is 2. The summed E-state index contributed by atoms with van der Waals surface area (Å²) in [6.07, 6.45) is 0. The van der Waals surface area contributed by atoms with Crippen molar-refractivity contribution >= 4 is 23.2 Å². The monoisotopic (exact) mass is 325 g/mol. The van der Waals surface area contributed by atoms with Gasteiger partial charge in [-0.1, -0.05) is 50.2 Å². The molecule has 0 bridgehead atoms. The number of nitrogens with two attached hydrogens (primary N) is 1. The highest BCUT2D eigenvalue weighted by Crippen LogP contribution is 2.22. The molecule has 2 rings (SSSR count). The van der Waals surface area contributed by atoms with Crippen molar-refractivity contribution in [1.82, 2.24) is 0 Å². The summed E-state index contributed by atoms with van der Waals surface area (Å²) in [4.78, 5) is 24.2. The Morgan fingerprint density at radius 3 is 2.25 bits per heavy atom. The molecule has 5 heteroatoms. The molecule has 0 aliphatic heterocycles. The molecular weight excluding hydrogens is 302 g/mol. The summed E-state index contributed by atoms with van der Waals surface area (Å²) >= 11 is 0. The lowest BCUT2D eigenvalue weighted by Crippen LogP contribution is -2.27. The zero-order valence-corrected chi connectivity index (χ0v) is 14.2. The Bertz CT molecular complexity index is 727. The molecule has 0 saturated carbocycles. The molecule has 1 atom stereocenters. The molecule has 0 aliphatic carbocycles. The van der Waals surface area contributed by atoms with E-state index in [9.17, 15) is 9.59 Å². The smallest absolute Gasteiger partial charge is 0.245 e. The number of hydrogen-bond donors (Lipinski definition) is 3. The maximum absolute atomic E-state index is 12.3. The van der Waals surface area contributed by atoms with Gasteiger partial charge in [-0.2, -0.15) is 0 Å². The number of amides is 2. The maximum atomic E-state index is 12.3. The summed E-state index contributed by atoms with van der Waals surface area (Å²) in [7, 11) is 0. The third-order valence-electron chi connectivity index (χ3n) is 3.73. The Labute approximate surface area is 142 Å². The minimum absolute atomic E-state index is 0.0671. The maximum Gasteiger partial charge on any atom is 0.245 e. The van der Waals surface area contributed by atoms with E-state index < -0.39 is 6.04 Å². The minimum Gasteiger partial charge on any atom is -0.326 e. The van der Waals surface area contributed by atoms with Crippen LogP contribution in [0.4, 0.5) is 11.4 Å². The van der Waals surface area contributed by atoms with Crippen molar-refractivity contribution < 1.29 is 9.59 Å². The first-order chi connectivity index (χ1) is 11.4. The van der Waals surface area contributed by atoms with E-state index >= 15 is 0 Å². The Balaban J connectivity index is 2.12. The predicted molar refractivity (Wildman–Crippen MR) is 96.6 cm³/mol. The molecule has 0 aromatic heterocycles. The van der Waals surface area contributed by atoms with Crippen molar-refractivity contribution in [3.05, 3.63) is 59.7 Å². The summed E-state index contributed by atoms with van der Waals surface area (Å²) in [5.74, 6) is -0.483. The van der Waals surface area contributed by atoms with Gasteiger partial charge in [-0.25, -0.2) is 0 Å². The van der Waals surface area contributed by atoms with E-state index in [0.717, 1.165) is 11.1 Å². The van der Waals surface area contributed by atoms with Gasteiger partial charge in [0.1, 0.15) is 6.04 Å². The van der Waals surface area contributed by atoms with Crippen LogP contribution >= 0.6 is 0 Å². The lowest BCUT2D eigenvalue weighted by Gasteiger charge is -2.15. The van der Waals surface area contributed by atoms with E-state index in [0.29, 0.717) is 11.4 Å². The van der Waals surface area contributed by atoms with E-state index in [-0.39, 0.29) is 17.7 Å². The van der Waals surface area contributed by atoms with Gasteiger partial charge in [0, 0.05) is 17.3 Å². The molecule has 5 nitrogen and oxygen atoms in total. The average molecular weight is 325 g/mol. The van der Waals surface area contributed by atoms with Crippen molar-refractivity contribution in [2.24, 2.45) is 11.7 Å². The molecule has 0 radical (unpaired) electrons. The molecule has 0 aliphatic rings. The second kappa shape index (κ2) is 7.75. The predicted octanol–water partition coefficient (Wildman–Crippen LogP) is 3.23. The van der Waals surface area contributed by atoms with Crippen LogP contribution in [0.3, 0.4) is 0 Å². The second-order valence-corrected chi connectivity index (χ2v) is 6.05. The van der Waals surface area contributed by atoms with Crippen LogP contribution in [0.1, 0.15) is 31.0 Å². The van der Waals surface area contributed by atoms with Gasteiger partial charge in [0.2, 0.25) is 11.8 Å². The van der Waals surface area contributed by atoms with Gasteiger partial charge in [0.25, 0.3) is 0 Å². The number of nitrogens with one attached hydrogen (secondary N) is 2. The van der Waals surface area contributed by atoms with Gasteiger partial charge in [0.15, 0.2) is 0 Å². The standard InChI is InChI=1S/C19H23N3O2/c1-12(2)18(23)22-16-11-15(10-9-13(16)3)21-19(24)17(20)14-7-5-4-6-8-14/h4-12,17H,20H2,1-3H3,(H,21,24)(H,22,23)/t17-/m0/s1. The van der Waals surface area contributed by atoms with Gasteiger partial charge in [-0.05, 0) is 30.2 Å². The Morgan fingerprint density at radius 2 is 1.62 bits per heavy atom. The third kappa shape index (κ3) is 4.43. The molecule has 0 spiro atoms. The number of benzene rings is 2. The van der Waals surface area contributed by atoms with Crippen molar-refractivity contribution in [2.45, 2.75) is 26.8 Å². The second-order valence-electron chi connectivity index (χ2n) is 6.05. The van der Waals surface area contributed by atoms with Crippen LogP contribution in [0.5, 0.6) is 0 Å². The Kier molecular flexibility index (Phi) is 5.71. The molecular formula is C19H23N3O2. The first-order valence-corrected chi connectivity index (χ1v) is 7.91. The SMILES string of the molecule is Cc1ccc(NC(=O)[C@@H](N)c2ccccc2)cc1NC(=O)C(C)C. The summed E-state index contributed by atoms with van der Waals surface area (Å²) in [6.45, 7) is 5.56.